The van der Waals surface area contributed by atoms with E-state index in [-0.39, 0.29) is 0 Å². The van der Waals surface area contributed by atoms with Crippen molar-refractivity contribution in [3.8, 4) is 5.75 Å². The molecule has 1 aromatic heterocycles. The quantitative estimate of drug-likeness (QED) is 0.865. The Balaban J connectivity index is 1.79. The van der Waals surface area contributed by atoms with Gasteiger partial charge in [0, 0.05) is 23.5 Å². The van der Waals surface area contributed by atoms with Crippen LogP contribution in [0, 0.1) is 5.92 Å². The molecule has 1 N–H and O–H groups in total. The molecule has 3 rings (SSSR count). The molecule has 0 atom stereocenters. The lowest BCUT2D eigenvalue weighted by molar-refractivity contribution is 0.341. The van der Waals surface area contributed by atoms with Crippen molar-refractivity contribution < 1.29 is 4.74 Å². The molecular weight excluding hydrogens is 260 g/mol. The number of fused-ring (bicyclic) bond motifs is 1. The van der Waals surface area contributed by atoms with Gasteiger partial charge in [0.05, 0.1) is 7.11 Å². The number of hydrogen-bond acceptors (Lipinski definition) is 3. The predicted octanol–water partition coefficient (Wildman–Crippen LogP) is 3.67. The van der Waals surface area contributed by atoms with Crippen molar-refractivity contribution in [2.75, 3.05) is 19.0 Å². The smallest absolute Gasteiger partial charge is 0.133 e. The summed E-state index contributed by atoms with van der Waals surface area (Å²) in [5.41, 5.74) is 0. The van der Waals surface area contributed by atoms with Crippen LogP contribution in [0.2, 0.25) is 0 Å². The van der Waals surface area contributed by atoms with E-state index in [2.05, 4.69) is 16.4 Å². The molecule has 0 saturated heterocycles. The number of methoxy groups -OCH3 is 1. The molecule has 0 aliphatic heterocycles. The van der Waals surface area contributed by atoms with Crippen LogP contribution in [0.5, 0.6) is 5.75 Å². The number of nitrogens with zero attached hydrogens (tertiary/aromatic N) is 1. The molecule has 1 fully saturated rings. The van der Waals surface area contributed by atoms with Crippen LogP contribution in [-0.4, -0.2) is 24.0 Å². The largest absolute Gasteiger partial charge is 0.497 e. The summed E-state index contributed by atoms with van der Waals surface area (Å²) in [6, 6.07) is 8.05. The van der Waals surface area contributed by atoms with Crippen molar-refractivity contribution >= 4 is 28.2 Å². The van der Waals surface area contributed by atoms with Gasteiger partial charge >= 0.3 is 0 Å². The summed E-state index contributed by atoms with van der Waals surface area (Å²) in [7, 11) is 1.68. The van der Waals surface area contributed by atoms with Gasteiger partial charge in [-0.2, -0.15) is 0 Å². The lowest BCUT2D eigenvalue weighted by Gasteiger charge is -2.31. The number of rotatable bonds is 4. The molecule has 2 aromatic rings. The molecule has 19 heavy (non-hydrogen) atoms. The normalized spacial score (nSPS) is 22.0. The van der Waals surface area contributed by atoms with E-state index in [9.17, 15) is 0 Å². The molecule has 0 amide bonds. The molecular formula is C15H17ClN2O. The van der Waals surface area contributed by atoms with Crippen LogP contribution in [0.25, 0.3) is 10.8 Å². The van der Waals surface area contributed by atoms with Crippen LogP contribution < -0.4 is 10.1 Å². The maximum absolute atomic E-state index is 6.00. The number of benzene rings is 1. The Kier molecular flexibility index (Phi) is 3.47. The summed E-state index contributed by atoms with van der Waals surface area (Å²) >= 11 is 6.00. The van der Waals surface area contributed by atoms with Gasteiger partial charge in [0.25, 0.3) is 0 Å². The van der Waals surface area contributed by atoms with Gasteiger partial charge in [0.2, 0.25) is 0 Å². The minimum Gasteiger partial charge on any atom is -0.497 e. The molecule has 1 aliphatic rings. The Morgan fingerprint density at radius 3 is 2.95 bits per heavy atom. The highest BCUT2D eigenvalue weighted by Crippen LogP contribution is 2.32. The van der Waals surface area contributed by atoms with Gasteiger partial charge in [-0.15, -0.1) is 11.6 Å². The van der Waals surface area contributed by atoms with Crippen molar-refractivity contribution in [3.05, 3.63) is 30.5 Å². The first-order valence-electron chi connectivity index (χ1n) is 6.57. The summed E-state index contributed by atoms with van der Waals surface area (Å²) in [5, 5.41) is 6.08. The third-order valence-corrected chi connectivity index (χ3v) is 4.06. The Labute approximate surface area is 117 Å². The molecule has 0 spiro atoms. The third kappa shape index (κ3) is 2.61. The summed E-state index contributed by atoms with van der Waals surface area (Å²) in [6.07, 6.45) is 4.04. The highest BCUT2D eigenvalue weighted by Gasteiger charge is 2.26. The molecule has 0 unspecified atom stereocenters. The third-order valence-electron chi connectivity index (χ3n) is 3.71. The topological polar surface area (TPSA) is 34.1 Å². The number of nitrogens with one attached hydrogen (secondary N) is 1. The van der Waals surface area contributed by atoms with Crippen LogP contribution in [0.1, 0.15) is 12.8 Å². The monoisotopic (exact) mass is 276 g/mol. The number of aromatic nitrogens is 1. The fourth-order valence-corrected chi connectivity index (χ4v) is 2.99. The first-order chi connectivity index (χ1) is 9.26. The molecule has 0 bridgehead atoms. The molecule has 1 heterocycles. The first-order valence-corrected chi connectivity index (χ1v) is 7.00. The Hall–Kier alpha value is -1.48. The minimum atomic E-state index is 0.372. The number of halogens is 1. The maximum Gasteiger partial charge on any atom is 0.133 e. The van der Waals surface area contributed by atoms with Crippen LogP contribution in [0.4, 0.5) is 5.82 Å². The standard InChI is InChI=1S/C15H17ClN2O/c1-19-13-2-3-14-11(8-13)4-5-17-15(14)18-9-10-6-12(16)7-10/h2-5,8,10,12H,6-7,9H2,1H3,(H,17,18). The van der Waals surface area contributed by atoms with Gasteiger partial charge in [-0.1, -0.05) is 0 Å². The Morgan fingerprint density at radius 1 is 1.37 bits per heavy atom. The lowest BCUT2D eigenvalue weighted by atomic mass is 9.85. The first kappa shape index (κ1) is 12.5. The van der Waals surface area contributed by atoms with Gasteiger partial charge in [0.1, 0.15) is 11.6 Å². The van der Waals surface area contributed by atoms with Crippen molar-refractivity contribution in [2.24, 2.45) is 5.92 Å². The van der Waals surface area contributed by atoms with E-state index < -0.39 is 0 Å². The van der Waals surface area contributed by atoms with Crippen LogP contribution in [-0.2, 0) is 0 Å². The van der Waals surface area contributed by atoms with Gasteiger partial charge in [0.15, 0.2) is 0 Å². The van der Waals surface area contributed by atoms with Crippen LogP contribution in [0.15, 0.2) is 30.5 Å². The maximum atomic E-state index is 6.00. The number of pyridine rings is 1. The molecule has 100 valence electrons. The predicted molar refractivity (Wildman–Crippen MR) is 79.1 cm³/mol. The zero-order chi connectivity index (χ0) is 13.2. The lowest BCUT2D eigenvalue weighted by Crippen LogP contribution is -2.30. The highest BCUT2D eigenvalue weighted by atomic mass is 35.5. The van der Waals surface area contributed by atoms with Crippen molar-refractivity contribution in [3.63, 3.8) is 0 Å². The van der Waals surface area contributed by atoms with Gasteiger partial charge in [-0.3, -0.25) is 0 Å². The average molecular weight is 277 g/mol. The average Bonchev–Trinajstić information content (AvgIpc) is 2.41. The SMILES string of the molecule is COc1ccc2c(NCC3CC(Cl)C3)nccc2c1. The fraction of sp³-hybridized carbons (Fsp3) is 0.400. The highest BCUT2D eigenvalue weighted by molar-refractivity contribution is 6.21. The van der Waals surface area contributed by atoms with Crippen molar-refractivity contribution in [1.82, 2.24) is 4.98 Å². The summed E-state index contributed by atoms with van der Waals surface area (Å²) in [5.74, 6) is 2.49. The van der Waals surface area contributed by atoms with E-state index in [0.29, 0.717) is 11.3 Å². The minimum absolute atomic E-state index is 0.372. The Bertz CT molecular complexity index is 581. The van der Waals surface area contributed by atoms with E-state index >= 15 is 0 Å². The van der Waals surface area contributed by atoms with Crippen LogP contribution in [0.3, 0.4) is 0 Å². The number of hydrogen-bond donors (Lipinski definition) is 1. The summed E-state index contributed by atoms with van der Waals surface area (Å²) < 4.78 is 5.24. The molecule has 4 heteroatoms. The van der Waals surface area contributed by atoms with E-state index in [1.54, 1.807) is 7.11 Å². The van der Waals surface area contributed by atoms with Gasteiger partial charge in [-0.25, -0.2) is 4.98 Å². The molecule has 0 radical (unpaired) electrons. The molecule has 1 aromatic carbocycles. The van der Waals surface area contributed by atoms with Gasteiger partial charge < -0.3 is 10.1 Å². The van der Waals surface area contributed by atoms with E-state index in [1.165, 1.54) is 0 Å². The molecule has 3 nitrogen and oxygen atoms in total. The second kappa shape index (κ2) is 5.25. The second-order valence-corrected chi connectivity index (χ2v) is 5.68. The van der Waals surface area contributed by atoms with E-state index in [0.717, 1.165) is 41.7 Å². The zero-order valence-corrected chi connectivity index (χ0v) is 11.7. The summed E-state index contributed by atoms with van der Waals surface area (Å²) in [4.78, 5) is 4.43. The number of alkyl halides is 1. The fourth-order valence-electron chi connectivity index (χ4n) is 2.49. The Morgan fingerprint density at radius 2 is 2.21 bits per heavy atom. The van der Waals surface area contributed by atoms with E-state index in [1.807, 2.05) is 24.4 Å². The molecule has 1 aliphatic carbocycles. The summed E-state index contributed by atoms with van der Waals surface area (Å²) in [6.45, 7) is 0.946. The van der Waals surface area contributed by atoms with Crippen molar-refractivity contribution in [1.29, 1.82) is 0 Å². The number of ether oxygens (including phenoxy) is 1. The van der Waals surface area contributed by atoms with Crippen LogP contribution >= 0.6 is 11.6 Å². The zero-order valence-electron chi connectivity index (χ0n) is 10.9. The van der Waals surface area contributed by atoms with Gasteiger partial charge in [-0.05, 0) is 48.4 Å². The van der Waals surface area contributed by atoms with E-state index in [4.69, 9.17) is 16.3 Å². The second-order valence-electron chi connectivity index (χ2n) is 5.06. The number of anilines is 1. The van der Waals surface area contributed by atoms with Crippen molar-refractivity contribution in [2.45, 2.75) is 18.2 Å². The molecule has 1 saturated carbocycles.